The first-order valence-electron chi connectivity index (χ1n) is 10.4. The van der Waals surface area contributed by atoms with Gasteiger partial charge in [0.05, 0.1) is 0 Å². The molecule has 2 aromatic carbocycles. The molecule has 0 atom stereocenters. The van der Waals surface area contributed by atoms with E-state index in [1.165, 1.54) is 33.8 Å². The van der Waals surface area contributed by atoms with Crippen molar-refractivity contribution in [1.29, 1.82) is 0 Å². The van der Waals surface area contributed by atoms with Gasteiger partial charge in [0.2, 0.25) is 0 Å². The van der Waals surface area contributed by atoms with E-state index in [0.717, 1.165) is 49.4 Å². The lowest BCUT2D eigenvalue weighted by Gasteiger charge is -2.19. The van der Waals surface area contributed by atoms with Gasteiger partial charge in [-0.3, -0.25) is 4.79 Å². The third kappa shape index (κ3) is 2.88. The summed E-state index contributed by atoms with van der Waals surface area (Å²) in [6.45, 7) is 8.45. The summed E-state index contributed by atoms with van der Waals surface area (Å²) in [4.78, 5) is 19.1. The molecule has 1 aliphatic carbocycles. The number of carbonyl (C=O) groups excluding carboxylic acids is 1. The van der Waals surface area contributed by atoms with Crippen LogP contribution >= 0.6 is 0 Å². The van der Waals surface area contributed by atoms with E-state index in [4.69, 9.17) is 4.42 Å². The van der Waals surface area contributed by atoms with Crippen molar-refractivity contribution in [2.45, 2.75) is 33.2 Å². The van der Waals surface area contributed by atoms with Crippen LogP contribution in [0.4, 0.5) is 0 Å². The number of Topliss-reactive ketones (excluding diaryl/α,β-unsaturated/α-hetero) is 1. The number of likely N-dealkylation sites (N-methyl/N-ethyl adjacent to an activating group) is 1. The van der Waals surface area contributed by atoms with E-state index in [0.29, 0.717) is 6.42 Å². The maximum Gasteiger partial charge on any atom is 0.181 e. The van der Waals surface area contributed by atoms with E-state index in [1.807, 2.05) is 6.07 Å². The lowest BCUT2D eigenvalue weighted by Crippen LogP contribution is -2.26. The average Bonchev–Trinajstić information content (AvgIpc) is 3.47. The van der Waals surface area contributed by atoms with Gasteiger partial charge < -0.3 is 13.9 Å². The fraction of sp³-hybridized carbons (Fsp3) is 0.333. The Morgan fingerprint density at radius 3 is 2.69 bits per heavy atom. The van der Waals surface area contributed by atoms with E-state index in [-0.39, 0.29) is 5.78 Å². The molecule has 0 bridgehead atoms. The Morgan fingerprint density at radius 1 is 1.10 bits per heavy atom. The Morgan fingerprint density at radius 2 is 1.93 bits per heavy atom. The van der Waals surface area contributed by atoms with E-state index < -0.39 is 0 Å². The summed E-state index contributed by atoms with van der Waals surface area (Å²) in [6.07, 6.45) is 4.58. The Labute approximate surface area is 169 Å². The minimum Gasteiger partial charge on any atom is -0.451 e. The number of carbonyl (C=O) groups is 1. The topological polar surface area (TPSA) is 51.3 Å². The first-order chi connectivity index (χ1) is 14.2. The number of ketones is 1. The second-order valence-corrected chi connectivity index (χ2v) is 7.69. The molecule has 0 N–H and O–H groups in total. The van der Waals surface area contributed by atoms with Gasteiger partial charge >= 0.3 is 0 Å². The highest BCUT2D eigenvalue weighted by Crippen LogP contribution is 2.38. The summed E-state index contributed by atoms with van der Waals surface area (Å²) in [5, 5.41) is 2.43. The monoisotopic (exact) mass is 387 g/mol. The highest BCUT2D eigenvalue weighted by Gasteiger charge is 2.25. The molecule has 2 heterocycles. The van der Waals surface area contributed by atoms with Crippen molar-refractivity contribution in [2.24, 2.45) is 0 Å². The molecule has 0 amide bonds. The number of nitrogens with zero attached hydrogens (tertiary/aromatic N) is 3. The van der Waals surface area contributed by atoms with Crippen molar-refractivity contribution in [3.05, 3.63) is 54.1 Å². The highest BCUT2D eigenvalue weighted by molar-refractivity contribution is 6.15. The predicted octanol–water partition coefficient (Wildman–Crippen LogP) is 4.92. The summed E-state index contributed by atoms with van der Waals surface area (Å²) in [5.41, 5.74) is 6.41. The number of hydrogen-bond donors (Lipinski definition) is 0. The van der Waals surface area contributed by atoms with Crippen molar-refractivity contribution in [3.63, 3.8) is 0 Å². The molecule has 148 valence electrons. The molecule has 0 aliphatic heterocycles. The van der Waals surface area contributed by atoms with Crippen LogP contribution in [-0.2, 0) is 13.0 Å². The predicted molar refractivity (Wildman–Crippen MR) is 115 cm³/mol. The van der Waals surface area contributed by atoms with Gasteiger partial charge in [0.1, 0.15) is 12.0 Å². The molecule has 0 radical (unpaired) electrons. The molecule has 4 aromatic rings. The Balaban J connectivity index is 1.74. The number of rotatable bonds is 6. The van der Waals surface area contributed by atoms with Gasteiger partial charge in [0.25, 0.3) is 0 Å². The van der Waals surface area contributed by atoms with Gasteiger partial charge in [-0.2, -0.15) is 0 Å². The highest BCUT2D eigenvalue weighted by atomic mass is 16.3. The first-order valence-corrected chi connectivity index (χ1v) is 10.4. The summed E-state index contributed by atoms with van der Waals surface area (Å²) in [7, 11) is 0. The average molecular weight is 387 g/mol. The van der Waals surface area contributed by atoms with Crippen LogP contribution in [0.25, 0.3) is 33.1 Å². The minimum absolute atomic E-state index is 0.263. The van der Waals surface area contributed by atoms with Crippen molar-refractivity contribution < 1.29 is 9.21 Å². The molecule has 5 nitrogen and oxygen atoms in total. The van der Waals surface area contributed by atoms with Gasteiger partial charge in [-0.15, -0.1) is 0 Å². The van der Waals surface area contributed by atoms with Gasteiger partial charge in [-0.1, -0.05) is 19.9 Å². The standard InChI is InChI=1S/C24H25N3O2/c1-3-26(4-2)11-12-27-21-8-5-16(20-14-29-15-25-20)13-19(21)24-18-7-10-23(28)17(18)6-9-22(24)27/h5-6,8-9,13-15H,3-4,7,10-12H2,1-2H3. The molecule has 5 heteroatoms. The zero-order chi connectivity index (χ0) is 20.0. The molecular weight excluding hydrogens is 362 g/mol. The molecule has 0 saturated heterocycles. The van der Waals surface area contributed by atoms with Gasteiger partial charge in [0.15, 0.2) is 12.2 Å². The van der Waals surface area contributed by atoms with Crippen LogP contribution in [0, 0.1) is 0 Å². The number of aryl methyl sites for hydroxylation is 1. The smallest absolute Gasteiger partial charge is 0.181 e. The summed E-state index contributed by atoms with van der Waals surface area (Å²) < 4.78 is 7.60. The van der Waals surface area contributed by atoms with Crippen LogP contribution in [0.15, 0.2) is 47.4 Å². The molecule has 0 saturated carbocycles. The number of aromatic nitrogens is 2. The van der Waals surface area contributed by atoms with Crippen LogP contribution in [0.1, 0.15) is 36.2 Å². The molecule has 2 aromatic heterocycles. The lowest BCUT2D eigenvalue weighted by atomic mass is 10.0. The summed E-state index contributed by atoms with van der Waals surface area (Å²) in [5.74, 6) is 0.263. The van der Waals surface area contributed by atoms with Crippen molar-refractivity contribution in [3.8, 4) is 11.3 Å². The fourth-order valence-corrected chi connectivity index (χ4v) is 4.69. The Hall–Kier alpha value is -2.92. The minimum atomic E-state index is 0.263. The van der Waals surface area contributed by atoms with Gasteiger partial charge in [-0.25, -0.2) is 4.98 Å². The van der Waals surface area contributed by atoms with Crippen molar-refractivity contribution in [1.82, 2.24) is 14.5 Å². The van der Waals surface area contributed by atoms with Gasteiger partial charge in [-0.05, 0) is 49.3 Å². The Kier molecular flexibility index (Phi) is 4.47. The number of benzene rings is 2. The Bertz CT molecular complexity index is 1200. The van der Waals surface area contributed by atoms with Gasteiger partial charge in [0, 0.05) is 52.4 Å². The first kappa shape index (κ1) is 18.1. The summed E-state index contributed by atoms with van der Waals surface area (Å²) >= 11 is 0. The number of hydrogen-bond acceptors (Lipinski definition) is 4. The van der Waals surface area contributed by atoms with Crippen molar-refractivity contribution >= 4 is 27.6 Å². The molecular formula is C24H25N3O2. The van der Waals surface area contributed by atoms with Crippen LogP contribution in [0.3, 0.4) is 0 Å². The van der Waals surface area contributed by atoms with E-state index in [9.17, 15) is 4.79 Å². The van der Waals surface area contributed by atoms with Crippen LogP contribution < -0.4 is 0 Å². The largest absolute Gasteiger partial charge is 0.451 e. The second-order valence-electron chi connectivity index (χ2n) is 7.69. The number of fused-ring (bicyclic) bond motifs is 5. The molecule has 0 unspecified atom stereocenters. The quantitative estimate of drug-likeness (QED) is 0.471. The third-order valence-corrected chi connectivity index (χ3v) is 6.30. The fourth-order valence-electron chi connectivity index (χ4n) is 4.69. The maximum absolute atomic E-state index is 12.4. The third-order valence-electron chi connectivity index (χ3n) is 6.30. The van der Waals surface area contributed by atoms with E-state index in [2.05, 4.69) is 52.6 Å². The molecule has 0 fully saturated rings. The number of oxazole rings is 1. The van der Waals surface area contributed by atoms with E-state index in [1.54, 1.807) is 6.26 Å². The SMILES string of the molecule is CCN(CC)CCn1c2ccc(-c3cocn3)cc2c2c3c(ccc21)C(=O)CC3. The maximum atomic E-state index is 12.4. The zero-order valence-corrected chi connectivity index (χ0v) is 16.9. The molecule has 5 rings (SSSR count). The summed E-state index contributed by atoms with van der Waals surface area (Å²) in [6, 6.07) is 10.7. The van der Waals surface area contributed by atoms with Crippen LogP contribution in [0.2, 0.25) is 0 Å². The van der Waals surface area contributed by atoms with Crippen LogP contribution in [0.5, 0.6) is 0 Å². The van der Waals surface area contributed by atoms with Crippen LogP contribution in [-0.4, -0.2) is 39.9 Å². The molecule has 0 spiro atoms. The molecule has 1 aliphatic rings. The molecule has 29 heavy (non-hydrogen) atoms. The normalized spacial score (nSPS) is 13.8. The lowest BCUT2D eigenvalue weighted by molar-refractivity contribution is 0.0994. The van der Waals surface area contributed by atoms with Crippen molar-refractivity contribution in [2.75, 3.05) is 19.6 Å². The zero-order valence-electron chi connectivity index (χ0n) is 16.9. The second kappa shape index (κ2) is 7.16. The van der Waals surface area contributed by atoms with E-state index >= 15 is 0 Å².